The molecule has 0 aliphatic carbocycles. The number of nitrogens with zero attached hydrogens (tertiary/aromatic N) is 4. The summed E-state index contributed by atoms with van der Waals surface area (Å²) >= 11 is 4.27. The highest BCUT2D eigenvalue weighted by Gasteiger charge is 2.43. The van der Waals surface area contributed by atoms with Gasteiger partial charge >= 0.3 is 5.97 Å². The van der Waals surface area contributed by atoms with Gasteiger partial charge in [0.15, 0.2) is 5.96 Å². The minimum absolute atomic E-state index is 0.0235. The van der Waals surface area contributed by atoms with E-state index in [0.29, 0.717) is 32.2 Å². The quantitative estimate of drug-likeness (QED) is 0.0122. The molecule has 34 heteroatoms. The number of rotatable bonds is 35. The summed E-state index contributed by atoms with van der Waals surface area (Å²) in [7, 11) is 0. The third-order valence-corrected chi connectivity index (χ3v) is 15.7. The van der Waals surface area contributed by atoms with Crippen molar-refractivity contribution < 1.29 is 77.3 Å². The van der Waals surface area contributed by atoms with Gasteiger partial charge in [-0.1, -0.05) is 55.4 Å². The van der Waals surface area contributed by atoms with Gasteiger partial charge in [-0.25, -0.2) is 4.79 Å². The standard InChI is InChI=1S/C56H95N17O16S/c1-27(2)21-31(57)52(85)71-18-10-14-36(71)46(79)63-23-40(76)64-35(26-90)54(87)73-20-11-15-37(73)47(80)65-32(13-9-17-61-56(59)60)45(78)62-24-41(77)68-42(28(3)4)49(82)66-33(22-39(58)75)53(86)72-19-12-16-38(72)48(81)69-44(30(7)8)51(84)70-43(29(5)6)50(83)67-34(25-74)55(88)89/h27-38,42-44,74,90H,9-26,57H2,1-8H3,(H2,58,75)(H,62,78)(H,63,79)(H,64,76)(H,65,80)(H,66,82)(H,67,83)(H,68,77)(H,69,81)(H,70,84)(H,88,89)(H4,59,60,61)/t31-,32-,33-,34-,35-,36-,37-,38-,42-,43-,44-/m0/s1. The van der Waals surface area contributed by atoms with Crippen LogP contribution in [-0.2, 0) is 67.1 Å². The van der Waals surface area contributed by atoms with E-state index in [1.807, 2.05) is 13.8 Å². The van der Waals surface area contributed by atoms with Gasteiger partial charge in [0.2, 0.25) is 76.8 Å². The Morgan fingerprint density at radius 2 is 0.978 bits per heavy atom. The van der Waals surface area contributed by atoms with Crippen molar-refractivity contribution >= 4 is 101 Å². The average molecular weight is 1290 g/mol. The topological polar surface area (TPSA) is 514 Å². The van der Waals surface area contributed by atoms with Crippen LogP contribution >= 0.6 is 12.6 Å². The molecule has 0 saturated carbocycles. The summed E-state index contributed by atoms with van der Waals surface area (Å²) in [5.41, 5.74) is 22.6. The number of hydrogen-bond donors (Lipinski definition) is 16. The molecule has 0 aromatic carbocycles. The summed E-state index contributed by atoms with van der Waals surface area (Å²) in [6, 6.07) is -13.8. The van der Waals surface area contributed by atoms with Crippen molar-refractivity contribution in [3.8, 4) is 0 Å². The van der Waals surface area contributed by atoms with Gasteiger partial charge in [0.25, 0.3) is 0 Å². The van der Waals surface area contributed by atoms with Crippen LogP contribution in [-0.4, -0.2) is 232 Å². The van der Waals surface area contributed by atoms with Crippen LogP contribution in [0.25, 0.3) is 0 Å². The van der Waals surface area contributed by atoms with Crippen LogP contribution in [0, 0.1) is 23.7 Å². The molecular weight excluding hydrogens is 1200 g/mol. The van der Waals surface area contributed by atoms with Crippen LogP contribution in [0.4, 0.5) is 0 Å². The number of carbonyl (C=O) groups is 14. The lowest BCUT2D eigenvalue weighted by Gasteiger charge is -2.32. The molecule has 0 spiro atoms. The average Bonchev–Trinajstić information content (AvgIpc) is 2.93. The largest absolute Gasteiger partial charge is 0.480 e. The Bertz CT molecular complexity index is 2620. The predicted octanol–water partition coefficient (Wildman–Crippen LogP) is -6.14. The van der Waals surface area contributed by atoms with Gasteiger partial charge in [-0.05, 0) is 81.5 Å². The van der Waals surface area contributed by atoms with Crippen LogP contribution in [0.15, 0.2) is 4.99 Å². The van der Waals surface area contributed by atoms with E-state index in [1.54, 1.807) is 41.5 Å². The maximum absolute atomic E-state index is 14.2. The zero-order valence-electron chi connectivity index (χ0n) is 52.5. The maximum atomic E-state index is 14.2. The third kappa shape index (κ3) is 23.2. The molecule has 0 aromatic rings. The highest BCUT2D eigenvalue weighted by atomic mass is 32.1. The second-order valence-corrected chi connectivity index (χ2v) is 24.5. The van der Waals surface area contributed by atoms with E-state index in [-0.39, 0.29) is 75.3 Å². The zero-order chi connectivity index (χ0) is 67.9. The van der Waals surface area contributed by atoms with Gasteiger partial charge in [-0.2, -0.15) is 12.6 Å². The Kier molecular flexibility index (Phi) is 31.1. The van der Waals surface area contributed by atoms with Crippen LogP contribution in [0.1, 0.15) is 120 Å². The van der Waals surface area contributed by atoms with Gasteiger partial charge in [0.05, 0.1) is 32.2 Å². The number of amides is 13. The summed E-state index contributed by atoms with van der Waals surface area (Å²) in [5.74, 6) is -13.8. The first-order valence-corrected chi connectivity index (χ1v) is 31.0. The molecule has 3 saturated heterocycles. The second-order valence-electron chi connectivity index (χ2n) is 24.1. The molecule has 11 atom stereocenters. The number of thiol groups is 1. The highest BCUT2D eigenvalue weighted by Crippen LogP contribution is 2.23. The number of aliphatic hydroxyl groups is 1. The number of carboxylic acid groups (broad SMARTS) is 1. The lowest BCUT2D eigenvalue weighted by Crippen LogP contribution is -2.61. The van der Waals surface area contributed by atoms with E-state index in [2.05, 4.69) is 65.5 Å². The number of likely N-dealkylation sites (tertiary alicyclic amines) is 3. The summed E-state index contributed by atoms with van der Waals surface area (Å²) in [5, 5.41) is 41.2. The van der Waals surface area contributed by atoms with E-state index >= 15 is 0 Å². The van der Waals surface area contributed by atoms with E-state index in [1.165, 1.54) is 9.80 Å². The van der Waals surface area contributed by atoms with E-state index < -0.39 is 187 Å². The Morgan fingerprint density at radius 1 is 0.533 bits per heavy atom. The lowest BCUT2D eigenvalue weighted by molar-refractivity contribution is -0.144. The van der Waals surface area contributed by atoms with Crippen molar-refractivity contribution in [1.82, 2.24) is 62.6 Å². The van der Waals surface area contributed by atoms with Crippen LogP contribution in [0.5, 0.6) is 0 Å². The molecule has 3 aliphatic heterocycles. The van der Waals surface area contributed by atoms with E-state index in [9.17, 15) is 77.3 Å². The molecule has 3 aliphatic rings. The molecule has 33 nitrogen and oxygen atoms in total. The molecule has 13 amide bonds. The Balaban J connectivity index is 1.69. The summed E-state index contributed by atoms with van der Waals surface area (Å²) in [4.78, 5) is 195. The molecule has 3 fully saturated rings. The van der Waals surface area contributed by atoms with Gasteiger partial charge in [0, 0.05) is 31.9 Å². The van der Waals surface area contributed by atoms with Crippen LogP contribution in [0.2, 0.25) is 0 Å². The molecule has 19 N–H and O–H groups in total. The van der Waals surface area contributed by atoms with Crippen molar-refractivity contribution in [3.63, 3.8) is 0 Å². The third-order valence-electron chi connectivity index (χ3n) is 15.4. The summed E-state index contributed by atoms with van der Waals surface area (Å²) < 4.78 is 0. The number of guanidine groups is 1. The summed E-state index contributed by atoms with van der Waals surface area (Å²) in [6.45, 7) is 11.6. The molecule has 0 radical (unpaired) electrons. The van der Waals surface area contributed by atoms with Gasteiger partial charge in [0.1, 0.15) is 60.4 Å². The van der Waals surface area contributed by atoms with Crippen LogP contribution < -0.4 is 70.8 Å². The normalized spacial score (nSPS) is 19.1. The second kappa shape index (κ2) is 36.7. The number of aliphatic imine (C=N–C) groups is 1. The predicted molar refractivity (Wildman–Crippen MR) is 328 cm³/mol. The van der Waals surface area contributed by atoms with Crippen molar-refractivity contribution in [2.75, 3.05) is 51.6 Å². The Labute approximate surface area is 528 Å². The first kappa shape index (κ1) is 76.4. The number of nitrogens with two attached hydrogens (primary N) is 4. The van der Waals surface area contributed by atoms with Crippen LogP contribution in [0.3, 0.4) is 0 Å². The SMILES string of the molecule is CC(C)C[C@H](N)C(=O)N1CCC[C@H]1C(=O)NCC(=O)N[C@@H](CS)C(=O)N1CCC[C@H]1C(=O)N[C@@H](CCCN=C(N)N)C(=O)NCC(=O)N[C@H](C(=O)N[C@@H](CC(N)=O)C(=O)N1CCC[C@H]1C(=O)N[C@H](C(=O)N[C@H](C(=O)N[C@@H](CO)C(=O)O)C(C)C)C(C)C)C(C)C. The smallest absolute Gasteiger partial charge is 0.328 e. The van der Waals surface area contributed by atoms with E-state index in [4.69, 9.17) is 22.9 Å². The zero-order valence-corrected chi connectivity index (χ0v) is 53.4. The first-order valence-electron chi connectivity index (χ1n) is 30.4. The molecule has 0 unspecified atom stereocenters. The van der Waals surface area contributed by atoms with Crippen molar-refractivity contribution in [2.45, 2.75) is 186 Å². The summed E-state index contributed by atoms with van der Waals surface area (Å²) in [6.07, 6.45) is 1.61. The molecular formula is C56H95N17O16S. The maximum Gasteiger partial charge on any atom is 0.328 e. The van der Waals surface area contributed by atoms with Gasteiger partial charge in [-0.3, -0.25) is 67.3 Å². The van der Waals surface area contributed by atoms with E-state index in [0.717, 1.165) is 4.90 Å². The monoisotopic (exact) mass is 1290 g/mol. The number of nitrogens with one attached hydrogen (secondary N) is 9. The van der Waals surface area contributed by atoms with Crippen molar-refractivity contribution in [2.24, 2.45) is 51.6 Å². The van der Waals surface area contributed by atoms with Crippen molar-refractivity contribution in [1.29, 1.82) is 0 Å². The first-order chi connectivity index (χ1) is 42.2. The molecule has 0 aromatic heterocycles. The number of carboxylic acids is 1. The number of hydrogen-bond acceptors (Lipinski definition) is 18. The molecule has 3 heterocycles. The molecule has 506 valence electrons. The Hall–Kier alpha value is -7.88. The fraction of sp³-hybridized carbons (Fsp3) is 0.732. The molecule has 90 heavy (non-hydrogen) atoms. The highest BCUT2D eigenvalue weighted by molar-refractivity contribution is 7.80. The minimum Gasteiger partial charge on any atom is -0.480 e. The lowest BCUT2D eigenvalue weighted by atomic mass is 9.99. The minimum atomic E-state index is -1.66. The fourth-order valence-electron chi connectivity index (χ4n) is 10.6. The molecule has 3 rings (SSSR count). The van der Waals surface area contributed by atoms with Gasteiger partial charge in [-0.15, -0.1) is 0 Å². The fourth-order valence-corrected chi connectivity index (χ4v) is 10.9. The number of primary amides is 1. The number of aliphatic carboxylic acids is 1. The Morgan fingerprint density at radius 3 is 1.46 bits per heavy atom. The molecule has 0 bridgehead atoms. The number of carbonyl (C=O) groups excluding carboxylic acids is 13. The number of aliphatic hydroxyl groups excluding tert-OH is 1. The van der Waals surface area contributed by atoms with Gasteiger partial charge < -0.3 is 95.7 Å². The van der Waals surface area contributed by atoms with Crippen molar-refractivity contribution in [3.05, 3.63) is 0 Å².